The van der Waals surface area contributed by atoms with E-state index in [9.17, 15) is 0 Å². The van der Waals surface area contributed by atoms with E-state index in [0.717, 1.165) is 5.69 Å². The molecule has 0 radical (unpaired) electrons. The van der Waals surface area contributed by atoms with Gasteiger partial charge in [-0.15, -0.1) is 0 Å². The predicted molar refractivity (Wildman–Crippen MR) is 60.9 cm³/mol. The molecule has 0 aliphatic carbocycles. The Kier molecular flexibility index (Phi) is 2.49. The number of nitrogens with one attached hydrogen (secondary N) is 1. The van der Waals surface area contributed by atoms with Crippen molar-refractivity contribution in [1.82, 2.24) is 9.97 Å². The molecule has 0 aliphatic heterocycles. The fourth-order valence-electron chi connectivity index (χ4n) is 1.17. The van der Waals surface area contributed by atoms with E-state index in [1.54, 1.807) is 12.4 Å². The molecule has 0 saturated heterocycles. The van der Waals surface area contributed by atoms with Crippen LogP contribution < -0.4 is 11.1 Å². The lowest BCUT2D eigenvalue weighted by atomic mass is 10.2. The van der Waals surface area contributed by atoms with Gasteiger partial charge in [0, 0.05) is 5.69 Å². The third-order valence-corrected chi connectivity index (χ3v) is 1.98. The van der Waals surface area contributed by atoms with E-state index in [0.29, 0.717) is 11.6 Å². The molecule has 0 saturated carbocycles. The second-order valence-electron chi connectivity index (χ2n) is 3.33. The number of aryl methyl sites for hydroxylation is 1. The van der Waals surface area contributed by atoms with Gasteiger partial charge in [0.2, 0.25) is 5.95 Å². The topological polar surface area (TPSA) is 63.8 Å². The van der Waals surface area contributed by atoms with Crippen molar-refractivity contribution >= 4 is 17.3 Å². The Balaban J connectivity index is 2.15. The lowest BCUT2D eigenvalue weighted by molar-refractivity contribution is 1.17. The first-order valence-electron chi connectivity index (χ1n) is 4.65. The third-order valence-electron chi connectivity index (χ3n) is 1.98. The first-order valence-corrected chi connectivity index (χ1v) is 4.65. The molecule has 0 bridgehead atoms. The zero-order chi connectivity index (χ0) is 10.7. The van der Waals surface area contributed by atoms with Crippen LogP contribution in [0.15, 0.2) is 36.7 Å². The SMILES string of the molecule is Cc1ccc(Nc2ncc(N)cn2)cc1. The number of nitrogens with zero attached hydrogens (tertiary/aromatic N) is 2. The van der Waals surface area contributed by atoms with Crippen LogP contribution in [0.3, 0.4) is 0 Å². The van der Waals surface area contributed by atoms with Crippen molar-refractivity contribution in [1.29, 1.82) is 0 Å². The van der Waals surface area contributed by atoms with Crippen LogP contribution in [0.2, 0.25) is 0 Å². The molecule has 0 unspecified atom stereocenters. The first-order chi connectivity index (χ1) is 7.24. The maximum Gasteiger partial charge on any atom is 0.227 e. The summed E-state index contributed by atoms with van der Waals surface area (Å²) in [7, 11) is 0. The highest BCUT2D eigenvalue weighted by Crippen LogP contribution is 2.13. The Hall–Kier alpha value is -2.10. The number of anilines is 3. The average Bonchev–Trinajstić information content (AvgIpc) is 2.25. The average molecular weight is 200 g/mol. The Labute approximate surface area is 88.2 Å². The van der Waals surface area contributed by atoms with Gasteiger partial charge < -0.3 is 11.1 Å². The summed E-state index contributed by atoms with van der Waals surface area (Å²) in [6.07, 6.45) is 3.15. The molecule has 0 atom stereocenters. The Morgan fingerprint density at radius 3 is 2.27 bits per heavy atom. The summed E-state index contributed by atoms with van der Waals surface area (Å²) in [4.78, 5) is 8.10. The minimum absolute atomic E-state index is 0.549. The standard InChI is InChI=1S/C11H12N4/c1-8-2-4-10(5-3-8)15-11-13-6-9(12)7-14-11/h2-7H,12H2,1H3,(H,13,14,15). The molecule has 15 heavy (non-hydrogen) atoms. The summed E-state index contributed by atoms with van der Waals surface area (Å²) >= 11 is 0. The zero-order valence-corrected chi connectivity index (χ0v) is 8.44. The van der Waals surface area contributed by atoms with Gasteiger partial charge >= 0.3 is 0 Å². The number of hydrogen-bond donors (Lipinski definition) is 2. The van der Waals surface area contributed by atoms with Crippen molar-refractivity contribution in [2.75, 3.05) is 11.1 Å². The van der Waals surface area contributed by atoms with E-state index < -0.39 is 0 Å². The van der Waals surface area contributed by atoms with E-state index in [2.05, 4.69) is 15.3 Å². The van der Waals surface area contributed by atoms with Gasteiger partial charge in [0.25, 0.3) is 0 Å². The van der Waals surface area contributed by atoms with Gasteiger partial charge in [-0.25, -0.2) is 9.97 Å². The third kappa shape index (κ3) is 2.43. The highest BCUT2D eigenvalue weighted by atomic mass is 15.1. The van der Waals surface area contributed by atoms with Crippen LogP contribution in [0, 0.1) is 6.92 Å². The number of hydrogen-bond acceptors (Lipinski definition) is 4. The molecular weight excluding hydrogens is 188 g/mol. The maximum atomic E-state index is 5.49. The van der Waals surface area contributed by atoms with Crippen molar-refractivity contribution in [2.24, 2.45) is 0 Å². The normalized spacial score (nSPS) is 9.93. The van der Waals surface area contributed by atoms with Crippen molar-refractivity contribution in [3.05, 3.63) is 42.2 Å². The minimum Gasteiger partial charge on any atom is -0.396 e. The van der Waals surface area contributed by atoms with Crippen LogP contribution in [-0.4, -0.2) is 9.97 Å². The fourth-order valence-corrected chi connectivity index (χ4v) is 1.17. The summed E-state index contributed by atoms with van der Waals surface area (Å²) in [6, 6.07) is 8.02. The Bertz CT molecular complexity index is 390. The van der Waals surface area contributed by atoms with Crippen LogP contribution in [0.1, 0.15) is 5.56 Å². The van der Waals surface area contributed by atoms with E-state index in [1.807, 2.05) is 31.2 Å². The van der Waals surface area contributed by atoms with Gasteiger partial charge in [-0.3, -0.25) is 0 Å². The predicted octanol–water partition coefficient (Wildman–Crippen LogP) is 2.11. The number of aromatic nitrogens is 2. The van der Waals surface area contributed by atoms with Crippen LogP contribution >= 0.6 is 0 Å². The molecule has 0 amide bonds. The lowest BCUT2D eigenvalue weighted by Crippen LogP contribution is -1.97. The van der Waals surface area contributed by atoms with Gasteiger partial charge in [0.1, 0.15) is 0 Å². The molecule has 4 nitrogen and oxygen atoms in total. The van der Waals surface area contributed by atoms with Crippen LogP contribution in [-0.2, 0) is 0 Å². The van der Waals surface area contributed by atoms with Crippen molar-refractivity contribution in [3.63, 3.8) is 0 Å². The minimum atomic E-state index is 0.549. The van der Waals surface area contributed by atoms with E-state index in [-0.39, 0.29) is 0 Å². The summed E-state index contributed by atoms with van der Waals surface area (Å²) in [5.41, 5.74) is 8.23. The molecule has 3 N–H and O–H groups in total. The van der Waals surface area contributed by atoms with Crippen molar-refractivity contribution in [2.45, 2.75) is 6.92 Å². The quantitative estimate of drug-likeness (QED) is 0.779. The molecule has 2 rings (SSSR count). The zero-order valence-electron chi connectivity index (χ0n) is 8.44. The van der Waals surface area contributed by atoms with Gasteiger partial charge in [-0.2, -0.15) is 0 Å². The van der Waals surface area contributed by atoms with Gasteiger partial charge in [0.05, 0.1) is 18.1 Å². The number of rotatable bonds is 2. The summed E-state index contributed by atoms with van der Waals surface area (Å²) in [5.74, 6) is 0.549. The van der Waals surface area contributed by atoms with Crippen molar-refractivity contribution in [3.8, 4) is 0 Å². The molecule has 1 heterocycles. The summed E-state index contributed by atoms with van der Waals surface area (Å²) in [6.45, 7) is 2.05. The molecule has 2 aromatic rings. The second-order valence-corrected chi connectivity index (χ2v) is 3.33. The molecule has 0 spiro atoms. The maximum absolute atomic E-state index is 5.49. The van der Waals surface area contributed by atoms with E-state index in [4.69, 9.17) is 5.73 Å². The van der Waals surface area contributed by atoms with Crippen molar-refractivity contribution < 1.29 is 0 Å². The first kappa shape index (κ1) is 9.45. The molecule has 0 aliphatic rings. The van der Waals surface area contributed by atoms with Crippen LogP contribution in [0.25, 0.3) is 0 Å². The molecule has 1 aromatic heterocycles. The van der Waals surface area contributed by atoms with E-state index in [1.165, 1.54) is 5.56 Å². The van der Waals surface area contributed by atoms with E-state index >= 15 is 0 Å². The summed E-state index contributed by atoms with van der Waals surface area (Å²) < 4.78 is 0. The van der Waals surface area contributed by atoms with Crippen LogP contribution in [0.4, 0.5) is 17.3 Å². The Morgan fingerprint density at radius 2 is 1.67 bits per heavy atom. The number of nitrogen functional groups attached to an aromatic ring is 1. The Morgan fingerprint density at radius 1 is 1.07 bits per heavy atom. The number of nitrogens with two attached hydrogens (primary N) is 1. The molecule has 76 valence electrons. The largest absolute Gasteiger partial charge is 0.396 e. The molecular formula is C11H12N4. The van der Waals surface area contributed by atoms with Crippen LogP contribution in [0.5, 0.6) is 0 Å². The number of benzene rings is 1. The van der Waals surface area contributed by atoms with Gasteiger partial charge in [-0.05, 0) is 19.1 Å². The lowest BCUT2D eigenvalue weighted by Gasteiger charge is -2.04. The van der Waals surface area contributed by atoms with Gasteiger partial charge in [-0.1, -0.05) is 17.7 Å². The molecule has 0 fully saturated rings. The highest BCUT2D eigenvalue weighted by molar-refractivity contribution is 5.54. The monoisotopic (exact) mass is 200 g/mol. The fraction of sp³-hybridized carbons (Fsp3) is 0.0909. The smallest absolute Gasteiger partial charge is 0.227 e. The highest BCUT2D eigenvalue weighted by Gasteiger charge is 1.96. The molecule has 1 aromatic carbocycles. The van der Waals surface area contributed by atoms with Gasteiger partial charge in [0.15, 0.2) is 0 Å². The molecule has 4 heteroatoms. The second kappa shape index (κ2) is 3.96. The summed E-state index contributed by atoms with van der Waals surface area (Å²) in [5, 5.41) is 3.08.